The third kappa shape index (κ3) is 5.21. The Morgan fingerprint density at radius 1 is 1.23 bits per heavy atom. The maximum absolute atomic E-state index is 13.2. The van der Waals surface area contributed by atoms with Gasteiger partial charge in [0.15, 0.2) is 0 Å². The molecule has 1 aromatic carbocycles. The number of benzene rings is 1. The topological polar surface area (TPSA) is 49.4 Å². The number of hydrogen-bond donors (Lipinski definition) is 1. The molecule has 2 aliphatic rings. The van der Waals surface area contributed by atoms with Crippen LogP contribution in [0.5, 0.6) is 0 Å². The molecule has 4 nitrogen and oxygen atoms in total. The highest BCUT2D eigenvalue weighted by Crippen LogP contribution is 2.38. The van der Waals surface area contributed by atoms with Gasteiger partial charge >= 0.3 is 0 Å². The summed E-state index contributed by atoms with van der Waals surface area (Å²) in [5, 5.41) is 5.87. The van der Waals surface area contributed by atoms with Gasteiger partial charge in [0, 0.05) is 35.3 Å². The molecule has 0 bridgehead atoms. The third-order valence-corrected chi connectivity index (χ3v) is 7.61. The van der Waals surface area contributed by atoms with E-state index < -0.39 is 0 Å². The van der Waals surface area contributed by atoms with E-state index in [-0.39, 0.29) is 36.7 Å². The number of rotatable bonds is 6. The van der Waals surface area contributed by atoms with Gasteiger partial charge < -0.3 is 10.2 Å². The molecule has 0 spiro atoms. The molecule has 3 unspecified atom stereocenters. The van der Waals surface area contributed by atoms with E-state index in [1.165, 1.54) is 16.9 Å². The average Bonchev–Trinajstić information content (AvgIpc) is 3.27. The van der Waals surface area contributed by atoms with Crippen LogP contribution in [-0.4, -0.2) is 29.3 Å². The molecule has 1 aliphatic heterocycles. The third-order valence-electron chi connectivity index (χ3n) is 6.36. The Balaban J connectivity index is 1.41. The molecule has 2 amide bonds. The van der Waals surface area contributed by atoms with Crippen molar-refractivity contribution in [2.75, 3.05) is 6.54 Å². The monoisotopic (exact) mass is 456 g/mol. The van der Waals surface area contributed by atoms with Crippen LogP contribution >= 0.6 is 22.9 Å². The molecule has 0 radical (unpaired) electrons. The van der Waals surface area contributed by atoms with Crippen LogP contribution in [0.25, 0.3) is 0 Å². The second-order valence-corrected chi connectivity index (χ2v) is 9.91. The Labute approximate surface area is 193 Å². The highest BCUT2D eigenvalue weighted by Gasteiger charge is 2.32. The van der Waals surface area contributed by atoms with Gasteiger partial charge in [-0.05, 0) is 73.2 Å². The normalized spacial score (nSPS) is 21.4. The Morgan fingerprint density at radius 2 is 2.03 bits per heavy atom. The van der Waals surface area contributed by atoms with Gasteiger partial charge in [-0.25, -0.2) is 0 Å². The van der Waals surface area contributed by atoms with Crippen LogP contribution in [0.3, 0.4) is 0 Å². The summed E-state index contributed by atoms with van der Waals surface area (Å²) < 4.78 is 0. The summed E-state index contributed by atoms with van der Waals surface area (Å²) in [6.07, 6.45) is 9.13. The molecule has 164 valence electrons. The number of allylic oxidation sites excluding steroid dienone is 1. The molecule has 0 saturated carbocycles. The smallest absolute Gasteiger partial charge is 0.223 e. The van der Waals surface area contributed by atoms with E-state index in [9.17, 15) is 9.59 Å². The number of halogens is 1. The zero-order valence-corrected chi connectivity index (χ0v) is 19.4. The van der Waals surface area contributed by atoms with E-state index in [0.29, 0.717) is 17.5 Å². The minimum Gasteiger partial charge on any atom is -0.353 e. The van der Waals surface area contributed by atoms with E-state index in [2.05, 4.69) is 35.8 Å². The van der Waals surface area contributed by atoms with Gasteiger partial charge in [-0.2, -0.15) is 0 Å². The SMILES string of the molecule is CC(NC(=O)CCC(=O)N1CCc2sccc2C1c1ccc(Cl)cc1)C1C=CCCC1. The molecule has 2 aromatic rings. The van der Waals surface area contributed by atoms with Crippen molar-refractivity contribution in [2.24, 2.45) is 5.92 Å². The molecule has 1 aromatic heterocycles. The summed E-state index contributed by atoms with van der Waals surface area (Å²) in [6.45, 7) is 2.73. The van der Waals surface area contributed by atoms with Crippen LogP contribution in [0.15, 0.2) is 47.9 Å². The van der Waals surface area contributed by atoms with Crippen molar-refractivity contribution in [1.29, 1.82) is 0 Å². The van der Waals surface area contributed by atoms with Gasteiger partial charge in [-0.1, -0.05) is 35.9 Å². The zero-order valence-electron chi connectivity index (χ0n) is 17.9. The Bertz CT molecular complexity index is 953. The molecular formula is C25H29ClN2O2S. The van der Waals surface area contributed by atoms with Crippen LogP contribution in [0.2, 0.25) is 5.02 Å². The quantitative estimate of drug-likeness (QED) is 0.582. The van der Waals surface area contributed by atoms with Gasteiger partial charge in [-0.3, -0.25) is 9.59 Å². The van der Waals surface area contributed by atoms with Crippen molar-refractivity contribution >= 4 is 34.8 Å². The first-order valence-corrected chi connectivity index (χ1v) is 12.4. The van der Waals surface area contributed by atoms with Crippen LogP contribution in [-0.2, 0) is 16.0 Å². The molecule has 31 heavy (non-hydrogen) atoms. The van der Waals surface area contributed by atoms with E-state index in [1.807, 2.05) is 29.2 Å². The Hall–Kier alpha value is -2.11. The second kappa shape index (κ2) is 10.0. The first-order chi connectivity index (χ1) is 15.0. The highest BCUT2D eigenvalue weighted by molar-refractivity contribution is 7.10. The predicted molar refractivity (Wildman–Crippen MR) is 126 cm³/mol. The number of hydrogen-bond acceptors (Lipinski definition) is 3. The van der Waals surface area contributed by atoms with Crippen LogP contribution < -0.4 is 5.32 Å². The van der Waals surface area contributed by atoms with E-state index >= 15 is 0 Å². The molecule has 1 N–H and O–H groups in total. The summed E-state index contributed by atoms with van der Waals surface area (Å²) in [6, 6.07) is 9.82. The summed E-state index contributed by atoms with van der Waals surface area (Å²) in [7, 11) is 0. The van der Waals surface area contributed by atoms with E-state index in [0.717, 1.165) is 24.8 Å². The Morgan fingerprint density at radius 3 is 2.77 bits per heavy atom. The van der Waals surface area contributed by atoms with Crippen molar-refractivity contribution in [3.8, 4) is 0 Å². The molecule has 2 heterocycles. The van der Waals surface area contributed by atoms with Crippen molar-refractivity contribution in [1.82, 2.24) is 10.2 Å². The number of thiophene rings is 1. The summed E-state index contributed by atoms with van der Waals surface area (Å²) in [4.78, 5) is 29.0. The maximum atomic E-state index is 13.2. The van der Waals surface area contributed by atoms with Crippen molar-refractivity contribution in [3.05, 3.63) is 68.9 Å². The van der Waals surface area contributed by atoms with Crippen LogP contribution in [0.4, 0.5) is 0 Å². The molecule has 0 saturated heterocycles. The number of carbonyl (C=O) groups is 2. The fraction of sp³-hybridized carbons (Fsp3) is 0.440. The minimum absolute atomic E-state index is 0.0252. The molecule has 1 aliphatic carbocycles. The van der Waals surface area contributed by atoms with Gasteiger partial charge in [-0.15, -0.1) is 11.3 Å². The van der Waals surface area contributed by atoms with Gasteiger partial charge in [0.1, 0.15) is 0 Å². The van der Waals surface area contributed by atoms with Crippen molar-refractivity contribution < 1.29 is 9.59 Å². The van der Waals surface area contributed by atoms with Crippen LogP contribution in [0.1, 0.15) is 61.1 Å². The first-order valence-electron chi connectivity index (χ1n) is 11.1. The Kier molecular flexibility index (Phi) is 7.13. The average molecular weight is 457 g/mol. The highest BCUT2D eigenvalue weighted by atomic mass is 35.5. The summed E-state index contributed by atoms with van der Waals surface area (Å²) in [5.74, 6) is 0.370. The number of carbonyl (C=O) groups excluding carboxylic acids is 2. The van der Waals surface area contributed by atoms with Crippen molar-refractivity contribution in [2.45, 2.75) is 57.5 Å². The molecule has 4 rings (SSSR count). The molecular weight excluding hydrogens is 428 g/mol. The fourth-order valence-electron chi connectivity index (χ4n) is 4.64. The lowest BCUT2D eigenvalue weighted by molar-refractivity contribution is -0.135. The number of nitrogens with zero attached hydrogens (tertiary/aromatic N) is 1. The molecule has 0 fully saturated rings. The maximum Gasteiger partial charge on any atom is 0.223 e. The largest absolute Gasteiger partial charge is 0.353 e. The summed E-state index contributed by atoms with van der Waals surface area (Å²) in [5.41, 5.74) is 2.24. The standard InChI is InChI=1S/C25H29ClN2O2S/c1-17(18-5-3-2-4-6-18)27-23(29)11-12-24(30)28-15-13-22-21(14-16-31-22)25(28)19-7-9-20(26)10-8-19/h3,5,7-10,14,16-18,25H,2,4,6,11-13,15H2,1H3,(H,27,29). The van der Waals surface area contributed by atoms with Crippen LogP contribution in [0, 0.1) is 5.92 Å². The number of fused-ring (bicyclic) bond motifs is 1. The van der Waals surface area contributed by atoms with E-state index in [4.69, 9.17) is 11.6 Å². The number of nitrogens with one attached hydrogen (secondary N) is 1. The lowest BCUT2D eigenvalue weighted by Gasteiger charge is -2.36. The van der Waals surface area contributed by atoms with E-state index in [1.54, 1.807) is 11.3 Å². The first kappa shape index (κ1) is 22.1. The zero-order chi connectivity index (χ0) is 21.8. The van der Waals surface area contributed by atoms with Gasteiger partial charge in [0.05, 0.1) is 6.04 Å². The minimum atomic E-state index is -0.117. The lowest BCUT2D eigenvalue weighted by atomic mass is 9.90. The van der Waals surface area contributed by atoms with Gasteiger partial charge in [0.25, 0.3) is 0 Å². The van der Waals surface area contributed by atoms with Crippen molar-refractivity contribution in [3.63, 3.8) is 0 Å². The molecule has 3 atom stereocenters. The fourth-order valence-corrected chi connectivity index (χ4v) is 5.67. The van der Waals surface area contributed by atoms with Gasteiger partial charge in [0.2, 0.25) is 11.8 Å². The molecule has 6 heteroatoms. The summed E-state index contributed by atoms with van der Waals surface area (Å²) >= 11 is 7.83. The second-order valence-electron chi connectivity index (χ2n) is 8.47. The lowest BCUT2D eigenvalue weighted by Crippen LogP contribution is -2.41. The predicted octanol–water partition coefficient (Wildman–Crippen LogP) is 5.52. The number of amides is 2.